The molecule has 2 aromatic rings. The van der Waals surface area contributed by atoms with Crippen LogP contribution >= 0.6 is 27.3 Å². The molecule has 2 heterocycles. The molecule has 0 bridgehead atoms. The molecule has 0 aliphatic carbocycles. The molecule has 1 aliphatic rings. The Bertz CT molecular complexity index is 653. The zero-order valence-corrected chi connectivity index (χ0v) is 13.4. The van der Waals surface area contributed by atoms with Gasteiger partial charge in [-0.3, -0.25) is 4.79 Å². The van der Waals surface area contributed by atoms with E-state index in [-0.39, 0.29) is 17.3 Å². The number of rotatable bonds is 3. The highest BCUT2D eigenvalue weighted by Crippen LogP contribution is 2.39. The van der Waals surface area contributed by atoms with Gasteiger partial charge in [-0.2, -0.15) is 0 Å². The summed E-state index contributed by atoms with van der Waals surface area (Å²) in [6.07, 6.45) is 1.02. The second-order valence-corrected chi connectivity index (χ2v) is 6.48. The number of ether oxygens (including phenoxy) is 1. The summed E-state index contributed by atoms with van der Waals surface area (Å²) >= 11 is 5.51. The van der Waals surface area contributed by atoms with E-state index in [2.05, 4.69) is 39.6 Å². The number of benzene rings is 1. The van der Waals surface area contributed by atoms with Crippen LogP contribution in [0.5, 0.6) is 5.75 Å². The van der Waals surface area contributed by atoms with E-state index < -0.39 is 0 Å². The number of thiophene rings is 1. The molecule has 3 rings (SSSR count). The Morgan fingerprint density at radius 2 is 2.30 bits per heavy atom. The summed E-state index contributed by atoms with van der Waals surface area (Å²) in [6, 6.07) is 8.09. The molecular formula is C15H14BrNO2S. The highest BCUT2D eigenvalue weighted by Gasteiger charge is 2.20. The van der Waals surface area contributed by atoms with Gasteiger partial charge in [0.15, 0.2) is 6.61 Å². The van der Waals surface area contributed by atoms with Crippen LogP contribution in [-0.2, 0) is 11.2 Å². The van der Waals surface area contributed by atoms with Crippen LogP contribution in [0.1, 0.15) is 27.8 Å². The van der Waals surface area contributed by atoms with E-state index >= 15 is 0 Å². The second-order valence-electron chi connectivity index (χ2n) is 4.62. The van der Waals surface area contributed by atoms with Crippen molar-refractivity contribution in [3.63, 3.8) is 0 Å². The SMILES string of the molecule is CCc1ccsc1C(Br)c1ccc2c(c1)NC(=O)CO2. The fourth-order valence-electron chi connectivity index (χ4n) is 2.27. The van der Waals surface area contributed by atoms with Crippen molar-refractivity contribution in [3.8, 4) is 5.75 Å². The monoisotopic (exact) mass is 351 g/mol. The lowest BCUT2D eigenvalue weighted by atomic mass is 10.1. The number of amides is 1. The van der Waals surface area contributed by atoms with Gasteiger partial charge in [-0.05, 0) is 41.1 Å². The molecule has 5 heteroatoms. The average molecular weight is 352 g/mol. The van der Waals surface area contributed by atoms with E-state index in [1.165, 1.54) is 10.4 Å². The van der Waals surface area contributed by atoms with Crippen molar-refractivity contribution in [1.82, 2.24) is 0 Å². The molecule has 1 aliphatic heterocycles. The van der Waals surface area contributed by atoms with E-state index in [1.807, 2.05) is 18.2 Å². The number of carbonyl (C=O) groups excluding carboxylic acids is 1. The van der Waals surface area contributed by atoms with Crippen molar-refractivity contribution < 1.29 is 9.53 Å². The molecule has 1 aromatic heterocycles. The van der Waals surface area contributed by atoms with Gasteiger partial charge in [0.25, 0.3) is 5.91 Å². The first-order valence-corrected chi connectivity index (χ1v) is 8.25. The second kappa shape index (κ2) is 5.58. The zero-order valence-electron chi connectivity index (χ0n) is 11.0. The lowest BCUT2D eigenvalue weighted by Crippen LogP contribution is -2.25. The van der Waals surface area contributed by atoms with Crippen molar-refractivity contribution in [3.05, 3.63) is 45.6 Å². The first kappa shape index (κ1) is 13.6. The average Bonchev–Trinajstić information content (AvgIpc) is 2.94. The molecule has 1 aromatic carbocycles. The summed E-state index contributed by atoms with van der Waals surface area (Å²) in [5.74, 6) is 0.626. The Labute approximate surface area is 130 Å². The number of nitrogens with one attached hydrogen (secondary N) is 1. The molecule has 0 fully saturated rings. The molecule has 20 heavy (non-hydrogen) atoms. The molecule has 0 spiro atoms. The van der Waals surface area contributed by atoms with Crippen LogP contribution in [0.25, 0.3) is 0 Å². The van der Waals surface area contributed by atoms with Crippen LogP contribution in [0.2, 0.25) is 0 Å². The number of anilines is 1. The molecule has 0 saturated carbocycles. The first-order chi connectivity index (χ1) is 9.69. The fourth-order valence-corrected chi connectivity index (χ4v) is 4.17. The topological polar surface area (TPSA) is 38.3 Å². The third kappa shape index (κ3) is 2.47. The molecular weight excluding hydrogens is 338 g/mol. The maximum Gasteiger partial charge on any atom is 0.262 e. The summed E-state index contributed by atoms with van der Waals surface area (Å²) in [4.78, 5) is 12.8. The first-order valence-electron chi connectivity index (χ1n) is 6.46. The summed E-state index contributed by atoms with van der Waals surface area (Å²) in [5, 5.41) is 4.96. The van der Waals surface area contributed by atoms with Crippen molar-refractivity contribution in [1.29, 1.82) is 0 Å². The van der Waals surface area contributed by atoms with Crippen LogP contribution in [0.15, 0.2) is 29.6 Å². The maximum absolute atomic E-state index is 11.4. The maximum atomic E-state index is 11.4. The summed E-state index contributed by atoms with van der Waals surface area (Å²) in [6.45, 7) is 2.25. The van der Waals surface area contributed by atoms with Gasteiger partial charge in [0.1, 0.15) is 5.75 Å². The third-order valence-electron chi connectivity index (χ3n) is 3.32. The lowest BCUT2D eigenvalue weighted by Gasteiger charge is -2.20. The molecule has 3 nitrogen and oxygen atoms in total. The predicted octanol–water partition coefficient (Wildman–Crippen LogP) is 4.13. The van der Waals surface area contributed by atoms with Crippen molar-refractivity contribution in [2.75, 3.05) is 11.9 Å². The van der Waals surface area contributed by atoms with Crippen molar-refractivity contribution in [2.24, 2.45) is 0 Å². The van der Waals surface area contributed by atoms with Gasteiger partial charge >= 0.3 is 0 Å². The Morgan fingerprint density at radius 1 is 1.45 bits per heavy atom. The predicted molar refractivity (Wildman–Crippen MR) is 85.0 cm³/mol. The molecule has 0 radical (unpaired) electrons. The van der Waals surface area contributed by atoms with E-state index in [4.69, 9.17) is 4.74 Å². The van der Waals surface area contributed by atoms with Crippen LogP contribution in [0.3, 0.4) is 0 Å². The minimum Gasteiger partial charge on any atom is -0.482 e. The Kier molecular flexibility index (Phi) is 3.81. The number of fused-ring (bicyclic) bond motifs is 1. The quantitative estimate of drug-likeness (QED) is 0.844. The Balaban J connectivity index is 1.94. The normalized spacial score (nSPS) is 15.2. The van der Waals surface area contributed by atoms with Crippen molar-refractivity contribution in [2.45, 2.75) is 18.2 Å². The van der Waals surface area contributed by atoms with Crippen LogP contribution < -0.4 is 10.1 Å². The summed E-state index contributed by atoms with van der Waals surface area (Å²) < 4.78 is 5.38. The lowest BCUT2D eigenvalue weighted by molar-refractivity contribution is -0.118. The van der Waals surface area contributed by atoms with Gasteiger partial charge in [0.2, 0.25) is 0 Å². The largest absolute Gasteiger partial charge is 0.482 e. The standard InChI is InChI=1S/C15H14BrNO2S/c1-2-9-5-6-20-15(9)14(16)10-3-4-12-11(7-10)17-13(18)8-19-12/h3-7,14H,2,8H2,1H3,(H,17,18). The van der Waals surface area contributed by atoms with Gasteiger partial charge in [-0.15, -0.1) is 11.3 Å². The number of carbonyl (C=O) groups is 1. The Hall–Kier alpha value is -1.33. The molecule has 1 N–H and O–H groups in total. The summed E-state index contributed by atoms with van der Waals surface area (Å²) in [5.41, 5.74) is 3.22. The number of hydrogen-bond donors (Lipinski definition) is 1. The smallest absolute Gasteiger partial charge is 0.262 e. The van der Waals surface area contributed by atoms with Crippen LogP contribution in [-0.4, -0.2) is 12.5 Å². The van der Waals surface area contributed by atoms with E-state index in [9.17, 15) is 4.79 Å². The van der Waals surface area contributed by atoms with E-state index in [0.717, 1.165) is 23.4 Å². The van der Waals surface area contributed by atoms with Gasteiger partial charge < -0.3 is 10.1 Å². The fraction of sp³-hybridized carbons (Fsp3) is 0.267. The number of halogens is 1. The number of aryl methyl sites for hydroxylation is 1. The summed E-state index contributed by atoms with van der Waals surface area (Å²) in [7, 11) is 0. The minimum atomic E-state index is -0.105. The highest BCUT2D eigenvalue weighted by atomic mass is 79.9. The molecule has 0 saturated heterocycles. The minimum absolute atomic E-state index is 0.0923. The zero-order chi connectivity index (χ0) is 14.1. The van der Waals surface area contributed by atoms with E-state index in [1.54, 1.807) is 11.3 Å². The molecule has 104 valence electrons. The van der Waals surface area contributed by atoms with Crippen LogP contribution in [0, 0.1) is 0 Å². The van der Waals surface area contributed by atoms with Crippen LogP contribution in [0.4, 0.5) is 5.69 Å². The van der Waals surface area contributed by atoms with Gasteiger partial charge in [-0.25, -0.2) is 0 Å². The number of hydrogen-bond acceptors (Lipinski definition) is 3. The number of alkyl halides is 1. The highest BCUT2D eigenvalue weighted by molar-refractivity contribution is 9.09. The molecule has 1 unspecified atom stereocenters. The Morgan fingerprint density at radius 3 is 3.10 bits per heavy atom. The van der Waals surface area contributed by atoms with Gasteiger partial charge in [0.05, 0.1) is 10.5 Å². The van der Waals surface area contributed by atoms with E-state index in [0.29, 0.717) is 0 Å². The van der Waals surface area contributed by atoms with Crippen molar-refractivity contribution >= 4 is 38.9 Å². The molecule has 1 atom stereocenters. The van der Waals surface area contributed by atoms with Gasteiger partial charge in [-0.1, -0.05) is 28.9 Å². The third-order valence-corrected chi connectivity index (χ3v) is 5.63. The van der Waals surface area contributed by atoms with Gasteiger partial charge in [0, 0.05) is 4.88 Å². The molecule has 1 amide bonds.